The molecule has 6 heterocycles. The number of fused-ring (bicyclic) bond motifs is 6. The molecular weight excluding hydrogens is 723 g/mol. The van der Waals surface area contributed by atoms with Crippen molar-refractivity contribution in [3.05, 3.63) is 70.6 Å². The van der Waals surface area contributed by atoms with E-state index < -0.39 is 0 Å². The largest absolute Gasteiger partial charge is 0.366 e. The van der Waals surface area contributed by atoms with E-state index in [1.807, 2.05) is 24.3 Å². The van der Waals surface area contributed by atoms with Gasteiger partial charge in [0, 0.05) is 30.6 Å². The number of likely N-dealkylation sites (tertiary alicyclic amines) is 2. The number of aromatic amines is 2. The Morgan fingerprint density at radius 3 is 1.95 bits per heavy atom. The number of carbonyl (C=O) groups is 2. The maximum absolute atomic E-state index is 13.7. The first-order valence-corrected chi connectivity index (χ1v) is 22.5. The quantitative estimate of drug-likeness (QED) is 0.148. The Balaban J connectivity index is 1.00. The van der Waals surface area contributed by atoms with Gasteiger partial charge in [-0.1, -0.05) is 64.8 Å². The Hall–Kier alpha value is -4.28. The van der Waals surface area contributed by atoms with Gasteiger partial charge in [0.15, 0.2) is 0 Å². The number of nitrogens with one attached hydrogen (secondary N) is 3. The molecule has 10 nitrogen and oxygen atoms in total. The van der Waals surface area contributed by atoms with Crippen molar-refractivity contribution in [1.29, 1.82) is 0 Å². The molecule has 2 aromatic carbocycles. The summed E-state index contributed by atoms with van der Waals surface area (Å²) in [5.41, 5.74) is 13.2. The topological polar surface area (TPSA) is 119 Å². The van der Waals surface area contributed by atoms with Gasteiger partial charge in [-0.05, 0) is 122 Å². The van der Waals surface area contributed by atoms with Crippen LogP contribution in [0.1, 0.15) is 157 Å². The lowest BCUT2D eigenvalue weighted by molar-refractivity contribution is -0.135. The smallest absolute Gasteiger partial charge is 0.240 e. The van der Waals surface area contributed by atoms with E-state index in [2.05, 4.69) is 72.1 Å². The predicted molar refractivity (Wildman–Crippen MR) is 226 cm³/mol. The summed E-state index contributed by atoms with van der Waals surface area (Å²) in [5.74, 6) is 2.75. The van der Waals surface area contributed by atoms with E-state index in [1.165, 1.54) is 70.2 Å². The van der Waals surface area contributed by atoms with Crippen molar-refractivity contribution in [3.8, 4) is 33.6 Å². The van der Waals surface area contributed by atoms with Crippen molar-refractivity contribution in [2.45, 2.75) is 141 Å². The minimum atomic E-state index is -0.205. The number of carbonyl (C=O) groups excluding carboxylic acids is 2. The maximum atomic E-state index is 13.7. The Bertz CT molecular complexity index is 2230. The van der Waals surface area contributed by atoms with Crippen LogP contribution in [0.2, 0.25) is 0 Å². The molecule has 2 amide bonds. The van der Waals surface area contributed by atoms with Gasteiger partial charge >= 0.3 is 0 Å². The van der Waals surface area contributed by atoms with Crippen LogP contribution in [0.4, 0.5) is 0 Å². The van der Waals surface area contributed by atoms with E-state index in [9.17, 15) is 9.59 Å². The van der Waals surface area contributed by atoms with Crippen LogP contribution in [0.15, 0.2) is 36.7 Å². The molecule has 4 aliphatic heterocycles. The van der Waals surface area contributed by atoms with E-state index in [-0.39, 0.29) is 48.1 Å². The zero-order chi connectivity index (χ0) is 39.9. The standard InChI is InChI=1S/C48H61N7O3/c1-27(2)22-41(56)54-20-8-10-37(54)45-50-25-35(52-45)30-13-12-29(33-23-48(24-34(30)33)18-6-7-19-48)31-14-15-32(43-40-17-16-39(58-40)42(31)43)36-26-51-46(53-36)38-11-9-21-55(38)47(57)44(49-5)28(3)4/h12-15,25-28,37-40,44,49H,6-11,16-24H2,1-5H3,(H,50,52)(H,51,53)/t37-,38?,39?,40?,44?/m0/s1. The highest BCUT2D eigenvalue weighted by atomic mass is 16.5. The molecule has 2 aliphatic carbocycles. The summed E-state index contributed by atoms with van der Waals surface area (Å²) in [4.78, 5) is 48.3. The highest BCUT2D eigenvalue weighted by molar-refractivity contribution is 5.84. The van der Waals surface area contributed by atoms with Crippen LogP contribution in [0.3, 0.4) is 0 Å². The van der Waals surface area contributed by atoms with Crippen molar-refractivity contribution >= 4 is 11.8 Å². The molecule has 2 aromatic heterocycles. The summed E-state index contributed by atoms with van der Waals surface area (Å²) in [6.45, 7) is 10.0. The van der Waals surface area contributed by atoms with Gasteiger partial charge < -0.3 is 29.8 Å². The number of benzene rings is 2. The van der Waals surface area contributed by atoms with E-state index >= 15 is 0 Å². The molecule has 1 spiro atoms. The number of imidazole rings is 2. The van der Waals surface area contributed by atoms with Crippen LogP contribution < -0.4 is 5.32 Å². The zero-order valence-electron chi connectivity index (χ0n) is 35.1. The minimum Gasteiger partial charge on any atom is -0.366 e. The number of likely N-dealkylation sites (N-methyl/N-ethyl adjacent to an activating group) is 1. The van der Waals surface area contributed by atoms with Gasteiger partial charge in [0.25, 0.3) is 0 Å². The van der Waals surface area contributed by atoms with E-state index in [1.54, 1.807) is 0 Å². The lowest BCUT2D eigenvalue weighted by Gasteiger charge is -2.29. The molecule has 58 heavy (non-hydrogen) atoms. The van der Waals surface area contributed by atoms with Crippen LogP contribution in [-0.4, -0.2) is 67.7 Å². The summed E-state index contributed by atoms with van der Waals surface area (Å²) in [6, 6.07) is 9.16. The number of hydrogen-bond donors (Lipinski definition) is 3. The Morgan fingerprint density at radius 2 is 1.31 bits per heavy atom. The summed E-state index contributed by atoms with van der Waals surface area (Å²) in [7, 11) is 1.88. The second kappa shape index (κ2) is 14.8. The first-order chi connectivity index (χ1) is 28.1. The second-order valence-corrected chi connectivity index (χ2v) is 19.3. The average molecular weight is 784 g/mol. The lowest BCUT2D eigenvalue weighted by Crippen LogP contribution is -2.47. The van der Waals surface area contributed by atoms with Gasteiger partial charge in [-0.2, -0.15) is 0 Å². The highest BCUT2D eigenvalue weighted by Gasteiger charge is 2.45. The zero-order valence-corrected chi connectivity index (χ0v) is 35.1. The van der Waals surface area contributed by atoms with Crippen LogP contribution in [0.25, 0.3) is 33.6 Å². The number of hydrogen-bond acceptors (Lipinski definition) is 6. The maximum Gasteiger partial charge on any atom is 0.240 e. The van der Waals surface area contributed by atoms with Gasteiger partial charge in [0.05, 0.1) is 54.1 Å². The molecule has 4 fully saturated rings. The van der Waals surface area contributed by atoms with Gasteiger partial charge in [-0.25, -0.2) is 9.97 Å². The van der Waals surface area contributed by atoms with Gasteiger partial charge in [0.2, 0.25) is 11.8 Å². The first kappa shape index (κ1) is 38.0. The van der Waals surface area contributed by atoms with Crippen LogP contribution >= 0.6 is 0 Å². The fourth-order valence-corrected chi connectivity index (χ4v) is 12.1. The molecular formula is C48H61N7O3. The number of aromatic nitrogens is 4. The van der Waals surface area contributed by atoms with Crippen LogP contribution in [0, 0.1) is 17.3 Å². The van der Waals surface area contributed by atoms with Crippen molar-refractivity contribution in [2.24, 2.45) is 17.3 Å². The molecule has 4 unspecified atom stereocenters. The first-order valence-electron chi connectivity index (χ1n) is 22.5. The van der Waals surface area contributed by atoms with Crippen molar-refractivity contribution < 1.29 is 14.3 Å². The normalized spacial score (nSPS) is 24.9. The summed E-state index contributed by atoms with van der Waals surface area (Å²) < 4.78 is 6.75. The molecule has 10 heteroatoms. The molecule has 5 atom stereocenters. The van der Waals surface area contributed by atoms with Gasteiger partial charge in [-0.15, -0.1) is 0 Å². The summed E-state index contributed by atoms with van der Waals surface area (Å²) in [5, 5.41) is 3.25. The van der Waals surface area contributed by atoms with Crippen molar-refractivity contribution in [3.63, 3.8) is 0 Å². The number of ether oxygens (including phenoxy) is 1. The van der Waals surface area contributed by atoms with Crippen molar-refractivity contribution in [2.75, 3.05) is 20.1 Å². The summed E-state index contributed by atoms with van der Waals surface area (Å²) >= 11 is 0. The fraction of sp³-hybridized carbons (Fsp3) is 0.583. The minimum absolute atomic E-state index is 0.0196. The van der Waals surface area contributed by atoms with Crippen LogP contribution in [0.5, 0.6) is 0 Å². The third-order valence-corrected chi connectivity index (χ3v) is 14.8. The third-order valence-electron chi connectivity index (χ3n) is 14.8. The SMILES string of the molecule is CNC(C(=O)N1CCCC1c1ncc(-c2ccc(-c3ccc(-c4cnc([C@@H]5CCCN5C(=O)CC(C)C)[nH]4)c4c3CC3(CCCC3)C4)c3c2C2CCC3O2)[nH]1)C(C)C. The van der Waals surface area contributed by atoms with E-state index in [4.69, 9.17) is 14.7 Å². The summed E-state index contributed by atoms with van der Waals surface area (Å²) in [6.07, 6.45) is 18.1. The van der Waals surface area contributed by atoms with Gasteiger partial charge in [-0.3, -0.25) is 9.59 Å². The molecule has 10 rings (SSSR count). The average Bonchev–Trinajstić information content (AvgIpc) is 4.06. The Labute approximate surface area is 343 Å². The predicted octanol–water partition coefficient (Wildman–Crippen LogP) is 9.32. The molecule has 4 aromatic rings. The van der Waals surface area contributed by atoms with E-state index in [0.29, 0.717) is 17.8 Å². The molecule has 306 valence electrons. The Kier molecular flexibility index (Phi) is 9.66. The monoisotopic (exact) mass is 783 g/mol. The lowest BCUT2D eigenvalue weighted by atomic mass is 9.80. The van der Waals surface area contributed by atoms with E-state index in [0.717, 1.165) is 87.5 Å². The Morgan fingerprint density at radius 1 is 0.759 bits per heavy atom. The van der Waals surface area contributed by atoms with Crippen LogP contribution in [-0.2, 0) is 27.2 Å². The molecule has 3 saturated heterocycles. The highest BCUT2D eigenvalue weighted by Crippen LogP contribution is 2.59. The molecule has 0 radical (unpaired) electrons. The number of rotatable bonds is 10. The molecule has 6 aliphatic rings. The number of nitrogens with zero attached hydrogens (tertiary/aromatic N) is 4. The number of H-pyrrole nitrogens is 2. The molecule has 3 N–H and O–H groups in total. The van der Waals surface area contributed by atoms with Crippen molar-refractivity contribution in [1.82, 2.24) is 35.1 Å². The third kappa shape index (κ3) is 6.27. The fourth-order valence-electron chi connectivity index (χ4n) is 12.1. The second-order valence-electron chi connectivity index (χ2n) is 19.3. The molecule has 2 bridgehead atoms. The number of amides is 2. The molecule has 1 saturated carbocycles. The van der Waals surface area contributed by atoms with Gasteiger partial charge in [0.1, 0.15) is 11.6 Å².